The van der Waals surface area contributed by atoms with E-state index in [9.17, 15) is 18.0 Å². The van der Waals surface area contributed by atoms with Gasteiger partial charge in [0.25, 0.3) is 10.0 Å². The maximum absolute atomic E-state index is 14.6. The number of sulfonamides is 1. The van der Waals surface area contributed by atoms with Crippen LogP contribution in [-0.4, -0.2) is 43.8 Å². The molecule has 0 radical (unpaired) electrons. The number of para-hydroxylation sites is 1. The number of carbonyl (C=O) groups excluding carboxylic acids is 2. The Labute approximate surface area is 281 Å². The summed E-state index contributed by atoms with van der Waals surface area (Å²) in [5, 5.41) is 3.98. The number of carbonyl (C=O) groups is 2. The fourth-order valence-electron chi connectivity index (χ4n) is 5.77. The highest BCUT2D eigenvalue weighted by Gasteiger charge is 2.35. The molecule has 0 aromatic heterocycles. The Hall–Kier alpha value is -3.85. The first-order chi connectivity index (χ1) is 22.2. The lowest BCUT2D eigenvalue weighted by Crippen LogP contribution is -2.55. The smallest absolute Gasteiger partial charge is 0.264 e. The molecular weight excluding hydrogens is 641 g/mol. The van der Waals surface area contributed by atoms with Crippen LogP contribution in [0.3, 0.4) is 0 Å². The molecule has 0 aliphatic heterocycles. The van der Waals surface area contributed by atoms with Crippen LogP contribution < -0.4 is 9.62 Å². The van der Waals surface area contributed by atoms with Gasteiger partial charge in [0.2, 0.25) is 11.8 Å². The van der Waals surface area contributed by atoms with Gasteiger partial charge in [-0.2, -0.15) is 0 Å². The number of rotatable bonds is 12. The maximum atomic E-state index is 14.6. The highest BCUT2D eigenvalue weighted by Crippen LogP contribution is 2.27. The van der Waals surface area contributed by atoms with Crippen molar-refractivity contribution in [1.82, 2.24) is 10.2 Å². The summed E-state index contributed by atoms with van der Waals surface area (Å²) in [4.78, 5) is 30.3. The zero-order valence-corrected chi connectivity index (χ0v) is 27.7. The Morgan fingerprint density at radius 2 is 1.41 bits per heavy atom. The van der Waals surface area contributed by atoms with Crippen LogP contribution in [0.4, 0.5) is 5.69 Å². The number of amides is 2. The molecule has 1 N–H and O–H groups in total. The first-order valence-corrected chi connectivity index (χ1v) is 17.6. The summed E-state index contributed by atoms with van der Waals surface area (Å²) in [5.41, 5.74) is 1.78. The molecule has 10 heteroatoms. The van der Waals surface area contributed by atoms with Gasteiger partial charge in [-0.3, -0.25) is 13.9 Å². The highest BCUT2D eigenvalue weighted by atomic mass is 35.5. The molecule has 5 rings (SSSR count). The van der Waals surface area contributed by atoms with E-state index >= 15 is 0 Å². The van der Waals surface area contributed by atoms with Crippen molar-refractivity contribution in [2.75, 3.05) is 10.8 Å². The molecule has 0 heterocycles. The minimum atomic E-state index is -4.16. The molecule has 1 saturated carbocycles. The van der Waals surface area contributed by atoms with Gasteiger partial charge in [-0.1, -0.05) is 115 Å². The number of hydrogen-bond acceptors (Lipinski definition) is 4. The number of benzene rings is 4. The molecule has 4 aromatic carbocycles. The van der Waals surface area contributed by atoms with Gasteiger partial charge in [-0.15, -0.1) is 0 Å². The van der Waals surface area contributed by atoms with E-state index in [1.54, 1.807) is 66.7 Å². The Kier molecular flexibility index (Phi) is 11.4. The molecule has 1 aliphatic rings. The van der Waals surface area contributed by atoms with Gasteiger partial charge in [0.15, 0.2) is 0 Å². The molecular formula is C36H37Cl2N3O4S. The number of hydrogen-bond donors (Lipinski definition) is 1. The van der Waals surface area contributed by atoms with Crippen molar-refractivity contribution in [1.29, 1.82) is 0 Å². The first-order valence-electron chi connectivity index (χ1n) is 15.4. The van der Waals surface area contributed by atoms with Gasteiger partial charge in [0, 0.05) is 29.1 Å². The van der Waals surface area contributed by atoms with Gasteiger partial charge in [0.05, 0.1) is 10.6 Å². The van der Waals surface area contributed by atoms with Crippen molar-refractivity contribution in [3.63, 3.8) is 0 Å². The molecule has 1 atom stereocenters. The fraction of sp³-hybridized carbons (Fsp3) is 0.278. The van der Waals surface area contributed by atoms with Crippen molar-refractivity contribution in [2.45, 2.75) is 62.0 Å². The molecule has 46 heavy (non-hydrogen) atoms. The van der Waals surface area contributed by atoms with Crippen molar-refractivity contribution in [3.05, 3.63) is 130 Å². The van der Waals surface area contributed by atoms with E-state index in [1.807, 2.05) is 30.3 Å². The standard InChI is InChI=1S/C36H37Cl2N3O4S/c37-29-22-21-28(33(38)24-29)25-40(34(23-27-13-5-1-6-14-27)36(43)39-30-15-7-2-8-16-30)35(42)26-41(31-17-9-3-10-18-31)46(44,45)32-19-11-4-12-20-32/h1,3-6,9-14,17-22,24,30,34H,2,7-8,15-16,23,25-26H2,(H,39,43). The lowest BCUT2D eigenvalue weighted by molar-refractivity contribution is -0.140. The highest BCUT2D eigenvalue weighted by molar-refractivity contribution is 7.92. The summed E-state index contributed by atoms with van der Waals surface area (Å²) >= 11 is 12.8. The van der Waals surface area contributed by atoms with E-state index in [0.29, 0.717) is 21.3 Å². The predicted molar refractivity (Wildman–Crippen MR) is 183 cm³/mol. The summed E-state index contributed by atoms with van der Waals surface area (Å²) in [7, 11) is -4.16. The molecule has 1 aliphatic carbocycles. The second-order valence-corrected chi connectivity index (χ2v) is 14.2. The van der Waals surface area contributed by atoms with Crippen molar-refractivity contribution in [2.24, 2.45) is 0 Å². The number of nitrogens with one attached hydrogen (secondary N) is 1. The van der Waals surface area contributed by atoms with E-state index in [1.165, 1.54) is 17.0 Å². The summed E-state index contributed by atoms with van der Waals surface area (Å²) in [5.74, 6) is -0.833. The lowest BCUT2D eigenvalue weighted by Gasteiger charge is -2.35. The van der Waals surface area contributed by atoms with Crippen LogP contribution in [0.25, 0.3) is 0 Å². The molecule has 7 nitrogen and oxygen atoms in total. The average Bonchev–Trinajstić information content (AvgIpc) is 3.07. The topological polar surface area (TPSA) is 86.8 Å². The van der Waals surface area contributed by atoms with Gasteiger partial charge in [0.1, 0.15) is 12.6 Å². The van der Waals surface area contributed by atoms with E-state index < -0.39 is 28.5 Å². The zero-order valence-electron chi connectivity index (χ0n) is 25.4. The van der Waals surface area contributed by atoms with Crippen LogP contribution in [0.2, 0.25) is 10.0 Å². The minimum absolute atomic E-state index is 0.00914. The third-order valence-corrected chi connectivity index (χ3v) is 10.6. The van der Waals surface area contributed by atoms with Gasteiger partial charge in [-0.05, 0) is 60.4 Å². The van der Waals surface area contributed by atoms with Crippen LogP contribution in [0.1, 0.15) is 43.2 Å². The third-order valence-electron chi connectivity index (χ3n) is 8.23. The van der Waals surface area contributed by atoms with E-state index in [4.69, 9.17) is 23.2 Å². The normalized spacial score (nSPS) is 14.3. The monoisotopic (exact) mass is 677 g/mol. The summed E-state index contributed by atoms with van der Waals surface area (Å²) < 4.78 is 29.2. The van der Waals surface area contributed by atoms with Gasteiger partial charge in [-0.25, -0.2) is 8.42 Å². The molecule has 1 fully saturated rings. The van der Waals surface area contributed by atoms with Gasteiger partial charge < -0.3 is 10.2 Å². The first kappa shape index (κ1) is 33.5. The molecule has 240 valence electrons. The van der Waals surface area contributed by atoms with Gasteiger partial charge >= 0.3 is 0 Å². The summed E-state index contributed by atoms with van der Waals surface area (Å²) in [6.45, 7) is -0.563. The average molecular weight is 679 g/mol. The predicted octanol–water partition coefficient (Wildman–Crippen LogP) is 7.28. The molecule has 0 saturated heterocycles. The number of halogens is 2. The van der Waals surface area contributed by atoms with Crippen LogP contribution in [0.15, 0.2) is 114 Å². The molecule has 2 amide bonds. The van der Waals surface area contributed by atoms with E-state index in [2.05, 4.69) is 5.32 Å². The minimum Gasteiger partial charge on any atom is -0.352 e. The zero-order chi connectivity index (χ0) is 32.5. The second-order valence-electron chi connectivity index (χ2n) is 11.5. The maximum Gasteiger partial charge on any atom is 0.264 e. The Bertz CT molecular complexity index is 1720. The van der Waals surface area contributed by atoms with Crippen LogP contribution in [-0.2, 0) is 32.6 Å². The Morgan fingerprint density at radius 3 is 2.04 bits per heavy atom. The van der Waals surface area contributed by atoms with Crippen molar-refractivity contribution < 1.29 is 18.0 Å². The molecule has 0 spiro atoms. The van der Waals surface area contributed by atoms with Crippen LogP contribution in [0.5, 0.6) is 0 Å². The SMILES string of the molecule is O=C(NC1CCCCC1)C(Cc1ccccc1)N(Cc1ccc(Cl)cc1Cl)C(=O)CN(c1ccccc1)S(=O)(=O)c1ccccc1. The second kappa shape index (κ2) is 15.6. The quantitative estimate of drug-likeness (QED) is 0.171. The van der Waals surface area contributed by atoms with Crippen molar-refractivity contribution in [3.8, 4) is 0 Å². The van der Waals surface area contributed by atoms with Crippen LogP contribution >= 0.6 is 23.2 Å². The summed E-state index contributed by atoms with van der Waals surface area (Å²) in [6.07, 6.45) is 5.16. The Morgan fingerprint density at radius 1 is 0.804 bits per heavy atom. The van der Waals surface area contributed by atoms with E-state index in [-0.39, 0.29) is 29.8 Å². The number of anilines is 1. The van der Waals surface area contributed by atoms with Crippen LogP contribution in [0, 0.1) is 0 Å². The lowest BCUT2D eigenvalue weighted by atomic mass is 9.94. The van der Waals surface area contributed by atoms with Crippen molar-refractivity contribution >= 4 is 50.7 Å². The Balaban J connectivity index is 1.56. The molecule has 0 bridgehead atoms. The largest absolute Gasteiger partial charge is 0.352 e. The summed E-state index contributed by atoms with van der Waals surface area (Å²) in [6, 6.07) is 30.0. The molecule has 1 unspecified atom stereocenters. The third kappa shape index (κ3) is 8.49. The van der Waals surface area contributed by atoms with E-state index in [0.717, 1.165) is 42.0 Å². The number of nitrogens with zero attached hydrogens (tertiary/aromatic N) is 2. The fourth-order valence-corrected chi connectivity index (χ4v) is 7.68. The molecule has 4 aromatic rings.